The number of nitrogens with one attached hydrogen (secondary N) is 1. The van der Waals surface area contributed by atoms with E-state index in [4.69, 9.17) is 5.26 Å². The molecule has 20 heavy (non-hydrogen) atoms. The minimum atomic E-state index is -3.54. The molecule has 0 radical (unpaired) electrons. The molecule has 0 amide bonds. The van der Waals surface area contributed by atoms with Gasteiger partial charge in [0, 0.05) is 16.3 Å². The second-order valence-electron chi connectivity index (χ2n) is 4.41. The van der Waals surface area contributed by atoms with Crippen LogP contribution in [-0.2, 0) is 16.6 Å². The Bertz CT molecular complexity index is 734. The second-order valence-corrected chi connectivity index (χ2v) is 7.52. The highest BCUT2D eigenvalue weighted by molar-refractivity contribution is 7.89. The van der Waals surface area contributed by atoms with E-state index in [0.29, 0.717) is 5.56 Å². The van der Waals surface area contributed by atoms with Gasteiger partial charge < -0.3 is 0 Å². The summed E-state index contributed by atoms with van der Waals surface area (Å²) in [5.41, 5.74) is 1.61. The summed E-state index contributed by atoms with van der Waals surface area (Å²) in [4.78, 5) is 2.34. The standard InChI is InChI=1S/C14H14N2O2S2/c1-10-7-13(19-11(10)2)9-16-20(17,18)14-5-3-12(8-15)4-6-14/h3-7,16H,9H2,1-2H3. The first-order valence-electron chi connectivity index (χ1n) is 5.98. The van der Waals surface area contributed by atoms with Crippen molar-refractivity contribution in [3.63, 3.8) is 0 Å². The van der Waals surface area contributed by atoms with Crippen molar-refractivity contribution in [2.75, 3.05) is 0 Å². The fourth-order valence-corrected chi connectivity index (χ4v) is 3.79. The lowest BCUT2D eigenvalue weighted by Gasteiger charge is -2.05. The van der Waals surface area contributed by atoms with Crippen molar-refractivity contribution in [2.45, 2.75) is 25.3 Å². The van der Waals surface area contributed by atoms with Crippen molar-refractivity contribution in [1.82, 2.24) is 4.72 Å². The van der Waals surface area contributed by atoms with Gasteiger partial charge >= 0.3 is 0 Å². The maximum Gasteiger partial charge on any atom is 0.240 e. The third kappa shape index (κ3) is 3.25. The summed E-state index contributed by atoms with van der Waals surface area (Å²) in [7, 11) is -3.54. The molecule has 1 aromatic carbocycles. The minimum absolute atomic E-state index is 0.168. The lowest BCUT2D eigenvalue weighted by Crippen LogP contribution is -2.22. The van der Waals surface area contributed by atoms with Crippen LogP contribution in [0.4, 0.5) is 0 Å². The summed E-state index contributed by atoms with van der Waals surface area (Å²) in [5.74, 6) is 0. The number of nitrogens with zero attached hydrogens (tertiary/aromatic N) is 1. The summed E-state index contributed by atoms with van der Waals surface area (Å²) in [6.07, 6.45) is 0. The first-order chi connectivity index (χ1) is 9.42. The van der Waals surface area contributed by atoms with Crippen molar-refractivity contribution >= 4 is 21.4 Å². The lowest BCUT2D eigenvalue weighted by atomic mass is 10.2. The van der Waals surface area contributed by atoms with E-state index in [1.165, 1.54) is 34.7 Å². The number of sulfonamides is 1. The number of thiophene rings is 1. The molecule has 1 heterocycles. The maximum absolute atomic E-state index is 12.1. The van der Waals surface area contributed by atoms with E-state index in [0.717, 1.165) is 4.88 Å². The van der Waals surface area contributed by atoms with Crippen LogP contribution in [0, 0.1) is 25.2 Å². The predicted molar refractivity (Wildman–Crippen MR) is 79.0 cm³/mol. The molecule has 0 saturated heterocycles. The van der Waals surface area contributed by atoms with Gasteiger partial charge in [-0.1, -0.05) is 0 Å². The van der Waals surface area contributed by atoms with E-state index in [9.17, 15) is 8.42 Å². The Morgan fingerprint density at radius 1 is 1.25 bits per heavy atom. The van der Waals surface area contributed by atoms with Crippen LogP contribution >= 0.6 is 11.3 Å². The van der Waals surface area contributed by atoms with Crippen molar-refractivity contribution in [3.05, 3.63) is 51.2 Å². The first kappa shape index (κ1) is 14.7. The lowest BCUT2D eigenvalue weighted by molar-refractivity contribution is 0.582. The third-order valence-electron chi connectivity index (χ3n) is 2.95. The van der Waals surface area contributed by atoms with Gasteiger partial charge in [-0.25, -0.2) is 13.1 Å². The topological polar surface area (TPSA) is 70.0 Å². The van der Waals surface area contributed by atoms with Gasteiger partial charge in [-0.2, -0.15) is 5.26 Å². The van der Waals surface area contributed by atoms with Crippen molar-refractivity contribution in [1.29, 1.82) is 5.26 Å². The first-order valence-corrected chi connectivity index (χ1v) is 8.28. The van der Waals surface area contributed by atoms with E-state index in [-0.39, 0.29) is 11.4 Å². The molecular weight excluding hydrogens is 292 g/mol. The molecule has 0 unspecified atom stereocenters. The van der Waals surface area contributed by atoms with E-state index in [2.05, 4.69) is 4.72 Å². The Balaban J connectivity index is 2.12. The molecule has 0 saturated carbocycles. The monoisotopic (exact) mass is 306 g/mol. The Morgan fingerprint density at radius 3 is 2.40 bits per heavy atom. The van der Waals surface area contributed by atoms with Gasteiger partial charge in [-0.15, -0.1) is 11.3 Å². The van der Waals surface area contributed by atoms with Gasteiger partial charge in [0.25, 0.3) is 0 Å². The van der Waals surface area contributed by atoms with Gasteiger partial charge in [-0.05, 0) is 49.7 Å². The minimum Gasteiger partial charge on any atom is -0.207 e. The molecule has 0 aliphatic heterocycles. The van der Waals surface area contributed by atoms with Crippen LogP contribution in [0.2, 0.25) is 0 Å². The van der Waals surface area contributed by atoms with Gasteiger partial charge in [0.2, 0.25) is 10.0 Å². The molecular formula is C14H14N2O2S2. The highest BCUT2D eigenvalue weighted by atomic mass is 32.2. The molecule has 0 spiro atoms. The highest BCUT2D eigenvalue weighted by Gasteiger charge is 2.14. The van der Waals surface area contributed by atoms with E-state index in [1.807, 2.05) is 26.0 Å². The average Bonchev–Trinajstić information content (AvgIpc) is 2.76. The number of benzene rings is 1. The molecule has 0 bridgehead atoms. The highest BCUT2D eigenvalue weighted by Crippen LogP contribution is 2.21. The van der Waals surface area contributed by atoms with Crippen LogP contribution in [0.1, 0.15) is 20.9 Å². The molecule has 0 aliphatic carbocycles. The summed E-state index contributed by atoms with van der Waals surface area (Å²) in [6.45, 7) is 4.30. The zero-order valence-electron chi connectivity index (χ0n) is 11.2. The van der Waals surface area contributed by atoms with E-state index >= 15 is 0 Å². The second kappa shape index (κ2) is 5.75. The molecule has 6 heteroatoms. The van der Waals surface area contributed by atoms with Crippen molar-refractivity contribution in [2.24, 2.45) is 0 Å². The van der Waals surface area contributed by atoms with Crippen LogP contribution in [0.5, 0.6) is 0 Å². The largest absolute Gasteiger partial charge is 0.240 e. The van der Waals surface area contributed by atoms with Gasteiger partial charge in [0.1, 0.15) is 0 Å². The summed E-state index contributed by atoms with van der Waals surface area (Å²) < 4.78 is 26.8. The Labute approximate surface area is 122 Å². The molecule has 2 aromatic rings. The van der Waals surface area contributed by atoms with E-state index in [1.54, 1.807) is 11.3 Å². The van der Waals surface area contributed by atoms with Crippen LogP contribution in [0.15, 0.2) is 35.2 Å². The molecule has 0 aliphatic rings. The van der Waals surface area contributed by atoms with Crippen LogP contribution < -0.4 is 4.72 Å². The summed E-state index contributed by atoms with van der Waals surface area (Å²) in [6, 6.07) is 9.81. The zero-order valence-corrected chi connectivity index (χ0v) is 12.8. The predicted octanol–water partition coefficient (Wildman–Crippen LogP) is 2.72. The molecule has 1 aromatic heterocycles. The van der Waals surface area contributed by atoms with Crippen LogP contribution in [-0.4, -0.2) is 8.42 Å². The fourth-order valence-electron chi connectivity index (χ4n) is 1.69. The molecule has 1 N–H and O–H groups in total. The third-order valence-corrected chi connectivity index (χ3v) is 5.52. The smallest absolute Gasteiger partial charge is 0.207 e. The van der Waals surface area contributed by atoms with Gasteiger partial charge in [0.05, 0.1) is 16.5 Å². The number of aryl methyl sites for hydroxylation is 2. The van der Waals surface area contributed by atoms with Gasteiger partial charge in [-0.3, -0.25) is 0 Å². The molecule has 0 fully saturated rings. The number of hydrogen-bond donors (Lipinski definition) is 1. The molecule has 2 rings (SSSR count). The maximum atomic E-state index is 12.1. The Hall–Kier alpha value is -1.68. The molecule has 104 valence electrons. The Morgan fingerprint density at radius 2 is 1.90 bits per heavy atom. The van der Waals surface area contributed by atoms with E-state index < -0.39 is 10.0 Å². The molecule has 4 nitrogen and oxygen atoms in total. The van der Waals surface area contributed by atoms with Gasteiger partial charge in [0.15, 0.2) is 0 Å². The van der Waals surface area contributed by atoms with Crippen LogP contribution in [0.3, 0.4) is 0 Å². The van der Waals surface area contributed by atoms with Crippen molar-refractivity contribution in [3.8, 4) is 6.07 Å². The quantitative estimate of drug-likeness (QED) is 0.944. The zero-order chi connectivity index (χ0) is 14.8. The SMILES string of the molecule is Cc1cc(CNS(=O)(=O)c2ccc(C#N)cc2)sc1C. The number of rotatable bonds is 4. The normalized spacial score (nSPS) is 11.2. The summed E-state index contributed by atoms with van der Waals surface area (Å²) >= 11 is 1.59. The molecule has 0 atom stereocenters. The Kier molecular flexibility index (Phi) is 4.23. The van der Waals surface area contributed by atoms with Crippen molar-refractivity contribution < 1.29 is 8.42 Å². The number of hydrogen-bond acceptors (Lipinski definition) is 4. The van der Waals surface area contributed by atoms with Crippen LogP contribution in [0.25, 0.3) is 0 Å². The fraction of sp³-hybridized carbons (Fsp3) is 0.214. The number of nitriles is 1. The summed E-state index contributed by atoms with van der Waals surface area (Å²) in [5, 5.41) is 8.70. The average molecular weight is 306 g/mol.